The summed E-state index contributed by atoms with van der Waals surface area (Å²) >= 11 is 0. The summed E-state index contributed by atoms with van der Waals surface area (Å²) in [4.78, 5) is 0. The van der Waals surface area contributed by atoms with Crippen molar-refractivity contribution in [2.24, 2.45) is 0 Å². The molecule has 0 aromatic heterocycles. The minimum absolute atomic E-state index is 0. The maximum atomic E-state index is 0. The van der Waals surface area contributed by atoms with Gasteiger partial charge in [0.1, 0.15) is 0 Å². The van der Waals surface area contributed by atoms with Gasteiger partial charge in [-0.05, 0) is 0 Å². The molecule has 0 saturated carbocycles. The van der Waals surface area contributed by atoms with E-state index in [-0.39, 0.29) is 66.2 Å². The van der Waals surface area contributed by atoms with E-state index in [0.717, 1.165) is 0 Å². The van der Waals surface area contributed by atoms with Crippen LogP contribution in [-0.4, -0.2) is 11.0 Å². The SMILES string of the molecule is [Co].[Cr].[Mo].[Si]. The molecule has 5 radical (unpaired) electrons. The Labute approximate surface area is 65.7 Å². The maximum Gasteiger partial charge on any atom is 0 e. The first-order valence-corrected chi connectivity index (χ1v) is 0. The second-order valence-corrected chi connectivity index (χ2v) is 0. The molecule has 0 heterocycles. The standard InChI is InChI=1S/Co.Cr.Mo.Si. The summed E-state index contributed by atoms with van der Waals surface area (Å²) in [6, 6.07) is 0. The van der Waals surface area contributed by atoms with Crippen LogP contribution in [0.15, 0.2) is 0 Å². The third kappa shape index (κ3) is 9.05. The second-order valence-electron chi connectivity index (χ2n) is 0. The monoisotopic (exact) mass is 237 g/mol. The van der Waals surface area contributed by atoms with E-state index < -0.39 is 0 Å². The van der Waals surface area contributed by atoms with Crippen molar-refractivity contribution in [2.75, 3.05) is 0 Å². The van der Waals surface area contributed by atoms with Crippen LogP contribution in [0.3, 0.4) is 0 Å². The molecular weight excluding hydrogens is 235 g/mol. The summed E-state index contributed by atoms with van der Waals surface area (Å²) in [5.74, 6) is 0. The van der Waals surface area contributed by atoms with Gasteiger partial charge in [-0.3, -0.25) is 0 Å². The molecule has 0 bridgehead atoms. The first-order chi connectivity index (χ1) is 0. The molecule has 0 aromatic rings. The van der Waals surface area contributed by atoms with Gasteiger partial charge >= 0.3 is 0 Å². The number of hydrogen-bond donors (Lipinski definition) is 0. The van der Waals surface area contributed by atoms with Gasteiger partial charge in [0.05, 0.1) is 0 Å². The zero-order valence-electron chi connectivity index (χ0n) is 1.65. The van der Waals surface area contributed by atoms with Crippen LogP contribution >= 0.6 is 0 Å². The predicted molar refractivity (Wildman–Crippen MR) is 5.75 cm³/mol. The van der Waals surface area contributed by atoms with E-state index in [2.05, 4.69) is 0 Å². The van der Waals surface area contributed by atoms with E-state index in [9.17, 15) is 0 Å². The van der Waals surface area contributed by atoms with Crippen molar-refractivity contribution in [3.8, 4) is 0 Å². The molecule has 0 rings (SSSR count). The van der Waals surface area contributed by atoms with E-state index in [4.69, 9.17) is 0 Å². The smallest absolute Gasteiger partial charge is 0 e. The van der Waals surface area contributed by atoms with Crippen LogP contribution in [0.1, 0.15) is 0 Å². The minimum atomic E-state index is 0. The summed E-state index contributed by atoms with van der Waals surface area (Å²) in [6.07, 6.45) is 0. The Bertz CT molecular complexity index is 8.00. The number of rotatable bonds is 0. The summed E-state index contributed by atoms with van der Waals surface area (Å²) in [7, 11) is 0. The number of hydrogen-bond acceptors (Lipinski definition) is 0. The van der Waals surface area contributed by atoms with E-state index in [1.54, 1.807) is 0 Å². The van der Waals surface area contributed by atoms with Crippen molar-refractivity contribution >= 4 is 11.0 Å². The van der Waals surface area contributed by atoms with E-state index in [1.165, 1.54) is 0 Å². The fourth-order valence-electron chi connectivity index (χ4n) is 0. The molecule has 0 nitrogen and oxygen atoms in total. The van der Waals surface area contributed by atoms with Gasteiger partial charge in [-0.2, -0.15) is 0 Å². The molecule has 0 aliphatic heterocycles. The van der Waals surface area contributed by atoms with Crippen LogP contribution in [0, 0.1) is 0 Å². The summed E-state index contributed by atoms with van der Waals surface area (Å²) < 4.78 is 0. The van der Waals surface area contributed by atoms with Crippen LogP contribution in [0.4, 0.5) is 0 Å². The molecule has 0 atom stereocenters. The molecule has 0 fully saturated rings. The van der Waals surface area contributed by atoms with Crippen molar-refractivity contribution in [3.63, 3.8) is 0 Å². The Balaban J connectivity index is 0. The molecule has 0 aliphatic rings. The summed E-state index contributed by atoms with van der Waals surface area (Å²) in [6.45, 7) is 0. The van der Waals surface area contributed by atoms with Crippen LogP contribution in [-0.2, 0) is 55.2 Å². The normalized spacial score (nSPS) is 0. The molecule has 0 N–H and O–H groups in total. The Kier molecular flexibility index (Phi) is 196. The first-order valence-electron chi connectivity index (χ1n) is 0. The van der Waals surface area contributed by atoms with Crippen molar-refractivity contribution in [3.05, 3.63) is 0 Å². The van der Waals surface area contributed by atoms with Gasteiger partial charge in [-0.1, -0.05) is 0 Å². The largest absolute Gasteiger partial charge is 0 e. The van der Waals surface area contributed by atoms with Gasteiger partial charge in [0.25, 0.3) is 0 Å². The maximum absolute atomic E-state index is 0. The molecule has 0 spiro atoms. The minimum Gasteiger partial charge on any atom is 0 e. The zero-order valence-corrected chi connectivity index (χ0v) is 6.97. The van der Waals surface area contributed by atoms with E-state index in [0.29, 0.717) is 0 Å². The molecule has 0 unspecified atom stereocenters. The van der Waals surface area contributed by atoms with Crippen LogP contribution in [0.5, 0.6) is 0 Å². The molecule has 4 heavy (non-hydrogen) atoms. The molecule has 0 amide bonds. The predicted octanol–water partition coefficient (Wildman–Crippen LogP) is -0.388. The Morgan fingerprint density at radius 3 is 1.00 bits per heavy atom. The molecule has 4 heteroatoms. The summed E-state index contributed by atoms with van der Waals surface area (Å²) in [5, 5.41) is 0. The van der Waals surface area contributed by atoms with Crippen molar-refractivity contribution in [2.45, 2.75) is 0 Å². The topological polar surface area (TPSA) is 0 Å². The molecule has 25 valence electrons. The van der Waals surface area contributed by atoms with Crippen molar-refractivity contribution < 1.29 is 55.2 Å². The Hall–Kier alpha value is 1.94. The van der Waals surface area contributed by atoms with Gasteiger partial charge in [-0.25, -0.2) is 0 Å². The van der Waals surface area contributed by atoms with Crippen LogP contribution < -0.4 is 0 Å². The quantitative estimate of drug-likeness (QED) is 0.502. The van der Waals surface area contributed by atoms with Gasteiger partial charge < -0.3 is 0 Å². The van der Waals surface area contributed by atoms with E-state index >= 15 is 0 Å². The van der Waals surface area contributed by atoms with Crippen LogP contribution in [0.25, 0.3) is 0 Å². The van der Waals surface area contributed by atoms with Gasteiger partial charge in [0.2, 0.25) is 0 Å². The fraction of sp³-hybridized carbons (Fsp3) is 0. The van der Waals surface area contributed by atoms with Gasteiger partial charge in [0.15, 0.2) is 0 Å². The molecule has 0 aromatic carbocycles. The summed E-state index contributed by atoms with van der Waals surface area (Å²) in [5.41, 5.74) is 0. The van der Waals surface area contributed by atoms with Gasteiger partial charge in [-0.15, -0.1) is 0 Å². The zero-order chi connectivity index (χ0) is 0. The van der Waals surface area contributed by atoms with Crippen molar-refractivity contribution in [1.29, 1.82) is 0 Å². The average Bonchev–Trinajstić information content (AvgIpc) is 0. The first kappa shape index (κ1) is 38.4. The third-order valence-corrected chi connectivity index (χ3v) is 0. The van der Waals surface area contributed by atoms with Gasteiger partial charge in [0, 0.05) is 66.2 Å². The molecular formula is CoCrMoSi. The Morgan fingerprint density at radius 2 is 1.00 bits per heavy atom. The molecule has 0 saturated heterocycles. The van der Waals surface area contributed by atoms with Crippen LogP contribution in [0.2, 0.25) is 0 Å². The fourth-order valence-corrected chi connectivity index (χ4v) is 0. The third-order valence-electron chi connectivity index (χ3n) is 0. The molecule has 0 aliphatic carbocycles. The van der Waals surface area contributed by atoms with Crippen molar-refractivity contribution in [1.82, 2.24) is 0 Å². The second kappa shape index (κ2) is 20.3. The average molecular weight is 235 g/mol. The van der Waals surface area contributed by atoms with E-state index in [1.807, 2.05) is 0 Å². The Morgan fingerprint density at radius 1 is 1.00 bits per heavy atom.